The zero-order valence-electron chi connectivity index (χ0n) is 16.0. The number of rotatable bonds is 2. The van der Waals surface area contributed by atoms with Gasteiger partial charge in [-0.3, -0.25) is 9.69 Å². The van der Waals surface area contributed by atoms with Crippen LogP contribution in [0.5, 0.6) is 0 Å². The summed E-state index contributed by atoms with van der Waals surface area (Å²) in [6.45, 7) is 9.39. The molecule has 1 atom stereocenters. The first-order valence-electron chi connectivity index (χ1n) is 9.71. The minimum absolute atomic E-state index is 0.00533. The maximum absolute atomic E-state index is 13.1. The van der Waals surface area contributed by atoms with Gasteiger partial charge in [-0.1, -0.05) is 11.6 Å². The Hall–Kier alpha value is -1.63. The van der Waals surface area contributed by atoms with Crippen molar-refractivity contribution in [2.24, 2.45) is 5.41 Å². The van der Waals surface area contributed by atoms with Crippen molar-refractivity contribution in [1.82, 2.24) is 19.2 Å². The fourth-order valence-corrected chi connectivity index (χ4v) is 4.49. The normalized spacial score (nSPS) is 24.7. The van der Waals surface area contributed by atoms with E-state index in [0.29, 0.717) is 16.8 Å². The summed E-state index contributed by atoms with van der Waals surface area (Å²) < 4.78 is 7.76. The van der Waals surface area contributed by atoms with Crippen molar-refractivity contribution in [3.05, 3.63) is 35.2 Å². The largest absolute Gasteiger partial charge is 0.379 e. The summed E-state index contributed by atoms with van der Waals surface area (Å²) in [4.78, 5) is 22.1. The van der Waals surface area contributed by atoms with Gasteiger partial charge in [0.2, 0.25) is 0 Å². The van der Waals surface area contributed by atoms with E-state index in [1.165, 1.54) is 0 Å². The van der Waals surface area contributed by atoms with E-state index in [0.717, 1.165) is 57.9 Å². The van der Waals surface area contributed by atoms with Gasteiger partial charge in [0.15, 0.2) is 0 Å². The van der Waals surface area contributed by atoms with Gasteiger partial charge in [0, 0.05) is 50.0 Å². The predicted octanol–water partition coefficient (Wildman–Crippen LogP) is 2.95. The first kappa shape index (κ1) is 18.7. The highest BCUT2D eigenvalue weighted by atomic mass is 35.5. The molecule has 7 heteroatoms. The number of imidazole rings is 1. The van der Waals surface area contributed by atoms with E-state index in [1.807, 2.05) is 15.4 Å². The van der Waals surface area contributed by atoms with Crippen LogP contribution >= 0.6 is 11.6 Å². The summed E-state index contributed by atoms with van der Waals surface area (Å²) in [5, 5.41) is 0.625. The number of pyridine rings is 1. The van der Waals surface area contributed by atoms with E-state index in [9.17, 15) is 4.79 Å². The van der Waals surface area contributed by atoms with Crippen LogP contribution in [-0.2, 0) is 4.74 Å². The van der Waals surface area contributed by atoms with E-state index in [1.54, 1.807) is 18.5 Å². The van der Waals surface area contributed by atoms with Crippen LogP contribution in [0.3, 0.4) is 0 Å². The summed E-state index contributed by atoms with van der Waals surface area (Å²) in [7, 11) is 0. The molecule has 2 aromatic rings. The van der Waals surface area contributed by atoms with Crippen LogP contribution in [0.15, 0.2) is 24.5 Å². The van der Waals surface area contributed by atoms with Crippen LogP contribution < -0.4 is 0 Å². The number of halogens is 1. The highest BCUT2D eigenvalue weighted by Crippen LogP contribution is 2.34. The van der Waals surface area contributed by atoms with Gasteiger partial charge in [-0.15, -0.1) is 0 Å². The molecule has 1 amide bonds. The number of hydrogen-bond acceptors (Lipinski definition) is 4. The van der Waals surface area contributed by atoms with Crippen molar-refractivity contribution in [1.29, 1.82) is 0 Å². The van der Waals surface area contributed by atoms with E-state index in [-0.39, 0.29) is 11.3 Å². The number of likely N-dealkylation sites (tertiary alicyclic amines) is 1. The highest BCUT2D eigenvalue weighted by molar-refractivity contribution is 6.30. The topological polar surface area (TPSA) is 50.1 Å². The van der Waals surface area contributed by atoms with Crippen LogP contribution in [0, 0.1) is 5.41 Å². The molecule has 1 spiro atoms. The summed E-state index contributed by atoms with van der Waals surface area (Å²) >= 11 is 6.05. The van der Waals surface area contributed by atoms with Crippen molar-refractivity contribution in [2.45, 2.75) is 32.7 Å². The van der Waals surface area contributed by atoms with E-state index in [2.05, 4.69) is 23.7 Å². The lowest BCUT2D eigenvalue weighted by molar-refractivity contribution is 0.00552. The maximum atomic E-state index is 13.1. The number of carbonyl (C=O) groups is 1. The quantitative estimate of drug-likeness (QED) is 0.791. The molecule has 0 radical (unpaired) electrons. The second-order valence-electron chi connectivity index (χ2n) is 8.19. The van der Waals surface area contributed by atoms with Gasteiger partial charge in [-0.05, 0) is 38.8 Å². The van der Waals surface area contributed by atoms with Crippen molar-refractivity contribution >= 4 is 23.2 Å². The highest BCUT2D eigenvalue weighted by Gasteiger charge is 2.41. The second kappa shape index (κ2) is 7.41. The zero-order valence-corrected chi connectivity index (χ0v) is 16.8. The first-order chi connectivity index (χ1) is 13.0. The lowest BCUT2D eigenvalue weighted by atomic mass is 9.79. The lowest BCUT2D eigenvalue weighted by Gasteiger charge is -2.44. The number of hydrogen-bond donors (Lipinski definition) is 0. The Kier molecular flexibility index (Phi) is 5.14. The van der Waals surface area contributed by atoms with Crippen LogP contribution in [-0.4, -0.2) is 70.5 Å². The van der Waals surface area contributed by atoms with Crippen molar-refractivity contribution in [2.75, 3.05) is 39.4 Å². The molecular weight excluding hydrogens is 364 g/mol. The molecule has 4 rings (SSSR count). The van der Waals surface area contributed by atoms with Crippen LogP contribution in [0.4, 0.5) is 0 Å². The molecule has 6 nitrogen and oxygen atoms in total. The Morgan fingerprint density at radius 2 is 2.11 bits per heavy atom. The number of aromatic nitrogens is 2. The minimum Gasteiger partial charge on any atom is -0.379 e. The van der Waals surface area contributed by atoms with Gasteiger partial charge < -0.3 is 14.0 Å². The Morgan fingerprint density at radius 3 is 2.93 bits per heavy atom. The summed E-state index contributed by atoms with van der Waals surface area (Å²) in [5.41, 5.74) is 1.22. The summed E-state index contributed by atoms with van der Waals surface area (Å²) in [6.07, 6.45) is 5.65. The van der Waals surface area contributed by atoms with Crippen LogP contribution in [0.2, 0.25) is 5.02 Å². The Balaban J connectivity index is 1.55. The van der Waals surface area contributed by atoms with Crippen molar-refractivity contribution < 1.29 is 9.53 Å². The number of amides is 1. The molecule has 0 bridgehead atoms. The van der Waals surface area contributed by atoms with Gasteiger partial charge in [0.05, 0.1) is 18.2 Å². The van der Waals surface area contributed by atoms with Gasteiger partial charge in [-0.25, -0.2) is 4.98 Å². The fourth-order valence-electron chi connectivity index (χ4n) is 4.32. The fraction of sp³-hybridized carbons (Fsp3) is 0.600. The SMILES string of the molecule is CC(C)N1CCOC[C@@]2(CCCN(C(=O)c3cn4cc(Cl)ccc4n3)C2)C1. The minimum atomic E-state index is -0.00533. The molecule has 2 fully saturated rings. The number of ether oxygens (including phenoxy) is 1. The van der Waals surface area contributed by atoms with Crippen molar-refractivity contribution in [3.63, 3.8) is 0 Å². The smallest absolute Gasteiger partial charge is 0.274 e. The third-order valence-electron chi connectivity index (χ3n) is 5.78. The molecule has 0 N–H and O–H groups in total. The van der Waals surface area contributed by atoms with Gasteiger partial charge in [0.25, 0.3) is 5.91 Å². The number of nitrogens with zero attached hydrogens (tertiary/aromatic N) is 4. The van der Waals surface area contributed by atoms with E-state index < -0.39 is 0 Å². The average molecular weight is 391 g/mol. The first-order valence-corrected chi connectivity index (χ1v) is 10.1. The predicted molar refractivity (Wildman–Crippen MR) is 105 cm³/mol. The Labute approximate surface area is 165 Å². The average Bonchev–Trinajstić information content (AvgIpc) is 2.96. The molecule has 0 aliphatic carbocycles. The second-order valence-corrected chi connectivity index (χ2v) is 8.62. The molecule has 2 saturated heterocycles. The molecule has 2 aliphatic heterocycles. The number of fused-ring (bicyclic) bond motifs is 1. The van der Waals surface area contributed by atoms with Gasteiger partial charge in [0.1, 0.15) is 11.3 Å². The zero-order chi connectivity index (χ0) is 19.0. The third kappa shape index (κ3) is 3.84. The van der Waals surface area contributed by atoms with E-state index in [4.69, 9.17) is 16.3 Å². The number of piperidine rings is 1. The molecule has 146 valence electrons. The Morgan fingerprint density at radius 1 is 1.26 bits per heavy atom. The van der Waals surface area contributed by atoms with Gasteiger partial charge in [-0.2, -0.15) is 0 Å². The van der Waals surface area contributed by atoms with Crippen molar-refractivity contribution in [3.8, 4) is 0 Å². The molecule has 27 heavy (non-hydrogen) atoms. The van der Waals surface area contributed by atoms with E-state index >= 15 is 0 Å². The third-order valence-corrected chi connectivity index (χ3v) is 6.01. The molecule has 2 aromatic heterocycles. The molecular formula is C20H27ClN4O2. The molecule has 4 heterocycles. The van der Waals surface area contributed by atoms with Gasteiger partial charge >= 0.3 is 0 Å². The lowest BCUT2D eigenvalue weighted by Crippen LogP contribution is -2.53. The number of carbonyl (C=O) groups excluding carboxylic acids is 1. The standard InChI is InChI=1S/C20H27ClN4O2/c1-15(2)23-8-9-27-14-20(12-23)6-3-7-24(13-20)19(26)17-11-25-10-16(21)4-5-18(25)22-17/h4-5,10-11,15H,3,6-9,12-14H2,1-2H3/t20-/m0/s1. The summed E-state index contributed by atoms with van der Waals surface area (Å²) in [5.74, 6) is -0.00533. The molecule has 0 saturated carbocycles. The summed E-state index contributed by atoms with van der Waals surface area (Å²) in [6, 6.07) is 4.10. The molecule has 0 aromatic carbocycles. The molecule has 2 aliphatic rings. The monoisotopic (exact) mass is 390 g/mol. The Bertz CT molecular complexity index is 836. The van der Waals surface area contributed by atoms with Crippen LogP contribution in [0.1, 0.15) is 37.2 Å². The molecule has 0 unspecified atom stereocenters. The maximum Gasteiger partial charge on any atom is 0.274 e. The van der Waals surface area contributed by atoms with Crippen LogP contribution in [0.25, 0.3) is 5.65 Å².